The number of carbonyl (C=O) groups is 1. The Labute approximate surface area is 172 Å². The molecule has 1 atom stereocenters. The Bertz CT molecular complexity index is 1130. The van der Waals surface area contributed by atoms with Crippen molar-refractivity contribution in [2.75, 3.05) is 5.32 Å². The smallest absolute Gasteiger partial charge is 0.358 e. The molecule has 0 aliphatic rings. The quantitative estimate of drug-likeness (QED) is 0.263. The first-order valence-electron chi connectivity index (χ1n) is 8.91. The molecule has 0 aliphatic heterocycles. The summed E-state index contributed by atoms with van der Waals surface area (Å²) in [6.45, 7) is 2.64. The Hall–Kier alpha value is -3.77. The molecule has 0 radical (unpaired) electrons. The van der Waals surface area contributed by atoms with Crippen LogP contribution in [-0.4, -0.2) is 30.4 Å². The first-order chi connectivity index (χ1) is 14.6. The summed E-state index contributed by atoms with van der Waals surface area (Å²) >= 11 is 0. The predicted molar refractivity (Wildman–Crippen MR) is 99.0 cm³/mol. The van der Waals surface area contributed by atoms with Gasteiger partial charge in [0.1, 0.15) is 0 Å². The minimum absolute atomic E-state index is 0.0395. The molecule has 0 saturated heterocycles. The maximum atomic E-state index is 13.8. The van der Waals surface area contributed by atoms with Crippen molar-refractivity contribution in [3.8, 4) is 0 Å². The summed E-state index contributed by atoms with van der Waals surface area (Å²) in [4.78, 5) is 22.5. The molecule has 0 fully saturated rings. The van der Waals surface area contributed by atoms with E-state index in [4.69, 9.17) is 0 Å². The summed E-state index contributed by atoms with van der Waals surface area (Å²) in [5, 5.41) is 21.0. The number of rotatable bonds is 7. The van der Waals surface area contributed by atoms with E-state index < -0.39 is 52.1 Å². The van der Waals surface area contributed by atoms with Crippen LogP contribution in [-0.2, 0) is 17.9 Å². The molecule has 13 heteroatoms. The Morgan fingerprint density at radius 3 is 2.42 bits per heavy atom. The van der Waals surface area contributed by atoms with E-state index in [1.807, 2.05) is 0 Å². The summed E-state index contributed by atoms with van der Waals surface area (Å²) in [7, 11) is 0. The van der Waals surface area contributed by atoms with Crippen LogP contribution in [0.3, 0.4) is 0 Å². The molecule has 9 nitrogen and oxygen atoms in total. The first-order valence-corrected chi connectivity index (χ1v) is 8.91. The van der Waals surface area contributed by atoms with Crippen molar-refractivity contribution >= 4 is 17.5 Å². The van der Waals surface area contributed by atoms with Crippen LogP contribution in [0.25, 0.3) is 0 Å². The van der Waals surface area contributed by atoms with E-state index in [9.17, 15) is 32.5 Å². The number of anilines is 1. The number of amides is 1. The zero-order valence-corrected chi connectivity index (χ0v) is 16.3. The lowest BCUT2D eigenvalue weighted by molar-refractivity contribution is -0.389. The van der Waals surface area contributed by atoms with Crippen LogP contribution in [0, 0.1) is 46.2 Å². The molecule has 1 N–H and O–H groups in total. The largest absolute Gasteiger partial charge is 0.390 e. The fraction of sp³-hybridized carbons (Fsp3) is 0.278. The zero-order valence-electron chi connectivity index (χ0n) is 16.3. The van der Waals surface area contributed by atoms with Crippen LogP contribution in [0.1, 0.15) is 18.2 Å². The summed E-state index contributed by atoms with van der Waals surface area (Å²) in [5.74, 6) is -7.56. The Kier molecular flexibility index (Phi) is 6.04. The lowest BCUT2D eigenvalue weighted by Gasteiger charge is -2.10. The van der Waals surface area contributed by atoms with Gasteiger partial charge in [0.25, 0.3) is 0 Å². The number of halogens is 4. The van der Waals surface area contributed by atoms with Gasteiger partial charge >= 0.3 is 5.82 Å². The second-order valence-corrected chi connectivity index (χ2v) is 6.82. The van der Waals surface area contributed by atoms with Crippen LogP contribution in [0.4, 0.5) is 29.2 Å². The van der Waals surface area contributed by atoms with Crippen LogP contribution < -0.4 is 5.32 Å². The summed E-state index contributed by atoms with van der Waals surface area (Å²) in [6.07, 6.45) is 1.27. The van der Waals surface area contributed by atoms with E-state index >= 15 is 0 Å². The highest BCUT2D eigenvalue weighted by Crippen LogP contribution is 2.21. The molecule has 0 bridgehead atoms. The second-order valence-electron chi connectivity index (χ2n) is 6.82. The number of hydrogen-bond acceptors (Lipinski definition) is 5. The number of nitro groups is 1. The highest BCUT2D eigenvalue weighted by Gasteiger charge is 2.22. The minimum atomic E-state index is -1.53. The van der Waals surface area contributed by atoms with Crippen LogP contribution >= 0.6 is 0 Å². The van der Waals surface area contributed by atoms with Gasteiger partial charge in [-0.05, 0) is 11.8 Å². The van der Waals surface area contributed by atoms with Crippen molar-refractivity contribution < 1.29 is 27.3 Å². The molecular formula is C18H16F4N6O3. The van der Waals surface area contributed by atoms with E-state index in [0.717, 1.165) is 4.68 Å². The molecule has 164 valence electrons. The topological polar surface area (TPSA) is 108 Å². The van der Waals surface area contributed by atoms with Crippen LogP contribution in [0.15, 0.2) is 24.4 Å². The molecule has 1 amide bonds. The van der Waals surface area contributed by atoms with Gasteiger partial charge in [-0.25, -0.2) is 17.6 Å². The van der Waals surface area contributed by atoms with E-state index in [1.54, 1.807) is 13.8 Å². The average Bonchev–Trinajstić information content (AvgIpc) is 3.30. The van der Waals surface area contributed by atoms with E-state index in [0.29, 0.717) is 5.69 Å². The fourth-order valence-corrected chi connectivity index (χ4v) is 2.80. The summed E-state index contributed by atoms with van der Waals surface area (Å²) in [6, 6.07) is 2.72. The van der Waals surface area contributed by atoms with Gasteiger partial charge in [-0.3, -0.25) is 9.48 Å². The highest BCUT2D eigenvalue weighted by atomic mass is 19.2. The van der Waals surface area contributed by atoms with Gasteiger partial charge in [0.05, 0.1) is 41.4 Å². The first kappa shape index (κ1) is 21.9. The molecule has 1 unspecified atom stereocenters. The molecule has 0 saturated carbocycles. The SMILES string of the molecule is Cc1cc([N+](=O)[O-])nn1CC(C)C(=O)Nc1ccn(Cc2c(F)c(F)cc(F)c2F)n1. The Balaban J connectivity index is 1.67. The lowest BCUT2D eigenvalue weighted by Crippen LogP contribution is -2.25. The van der Waals surface area contributed by atoms with E-state index in [1.165, 1.54) is 23.0 Å². The number of carbonyl (C=O) groups excluding carboxylic acids is 1. The Morgan fingerprint density at radius 2 is 1.84 bits per heavy atom. The normalized spacial score (nSPS) is 12.1. The van der Waals surface area contributed by atoms with Crippen molar-refractivity contribution in [2.45, 2.75) is 26.9 Å². The van der Waals surface area contributed by atoms with Gasteiger partial charge in [-0.1, -0.05) is 6.92 Å². The number of aromatic nitrogens is 4. The molecule has 3 aromatic rings. The van der Waals surface area contributed by atoms with Crippen molar-refractivity contribution in [3.05, 3.63) is 69.0 Å². The molecule has 3 rings (SSSR count). The van der Waals surface area contributed by atoms with Gasteiger partial charge in [0.2, 0.25) is 5.91 Å². The maximum Gasteiger partial charge on any atom is 0.390 e. The molecule has 0 aliphatic carbocycles. The lowest BCUT2D eigenvalue weighted by atomic mass is 10.1. The van der Waals surface area contributed by atoms with Gasteiger partial charge in [-0.2, -0.15) is 9.78 Å². The van der Waals surface area contributed by atoms with E-state index in [2.05, 4.69) is 15.5 Å². The predicted octanol–water partition coefficient (Wildman–Crippen LogP) is 3.18. The number of benzene rings is 1. The minimum Gasteiger partial charge on any atom is -0.358 e. The number of aryl methyl sites for hydroxylation is 1. The molecule has 1 aromatic carbocycles. The van der Waals surface area contributed by atoms with Crippen molar-refractivity contribution in [1.29, 1.82) is 0 Å². The molecule has 0 spiro atoms. The molecule has 2 aromatic heterocycles. The van der Waals surface area contributed by atoms with Gasteiger partial charge < -0.3 is 15.4 Å². The van der Waals surface area contributed by atoms with Crippen LogP contribution in [0.2, 0.25) is 0 Å². The van der Waals surface area contributed by atoms with E-state index in [-0.39, 0.29) is 24.2 Å². The van der Waals surface area contributed by atoms with Crippen molar-refractivity contribution in [1.82, 2.24) is 19.6 Å². The third-order valence-electron chi connectivity index (χ3n) is 4.46. The third kappa shape index (κ3) is 4.70. The number of hydrogen-bond donors (Lipinski definition) is 1. The summed E-state index contributed by atoms with van der Waals surface area (Å²) < 4.78 is 56.6. The number of nitrogens with zero attached hydrogens (tertiary/aromatic N) is 5. The molecule has 2 heterocycles. The molecular weight excluding hydrogens is 424 g/mol. The monoisotopic (exact) mass is 440 g/mol. The highest BCUT2D eigenvalue weighted by molar-refractivity contribution is 5.91. The van der Waals surface area contributed by atoms with Crippen LogP contribution in [0.5, 0.6) is 0 Å². The molecule has 31 heavy (non-hydrogen) atoms. The van der Waals surface area contributed by atoms with Gasteiger partial charge in [0, 0.05) is 18.3 Å². The standard InChI is InChI=1S/C18H16F4N6O3/c1-9(7-27-10(2)5-15(25-27)28(30)31)18(29)23-14-3-4-26(24-14)8-11-16(21)12(19)6-13(20)17(11)22/h3-6,9H,7-8H2,1-2H3,(H,23,24,29). The van der Waals surface area contributed by atoms with Gasteiger partial charge in [-0.15, -0.1) is 0 Å². The third-order valence-corrected chi connectivity index (χ3v) is 4.46. The fourth-order valence-electron chi connectivity index (χ4n) is 2.80. The maximum absolute atomic E-state index is 13.8. The zero-order chi connectivity index (χ0) is 22.9. The average molecular weight is 440 g/mol. The number of nitrogens with one attached hydrogen (secondary N) is 1. The van der Waals surface area contributed by atoms with Gasteiger partial charge in [0.15, 0.2) is 29.1 Å². The van der Waals surface area contributed by atoms with Crippen molar-refractivity contribution in [3.63, 3.8) is 0 Å². The Morgan fingerprint density at radius 1 is 1.19 bits per heavy atom. The second kappa shape index (κ2) is 8.53. The summed E-state index contributed by atoms with van der Waals surface area (Å²) in [5.41, 5.74) is -0.343. The van der Waals surface area contributed by atoms with Crippen molar-refractivity contribution in [2.24, 2.45) is 5.92 Å².